The molecule has 1 amide bonds. The van der Waals surface area contributed by atoms with Crippen LogP contribution in [0.1, 0.15) is 31.2 Å². The molecule has 0 spiro atoms. The topological polar surface area (TPSA) is 32.3 Å². The first-order valence-corrected chi connectivity index (χ1v) is 7.99. The van der Waals surface area contributed by atoms with Gasteiger partial charge in [0, 0.05) is 13.1 Å². The number of hydrogen-bond acceptors (Lipinski definition) is 2. The van der Waals surface area contributed by atoms with Crippen molar-refractivity contribution in [3.8, 4) is 0 Å². The Hall–Kier alpha value is -1.42. The van der Waals surface area contributed by atoms with Crippen LogP contribution in [0.3, 0.4) is 0 Å². The van der Waals surface area contributed by atoms with Crippen molar-refractivity contribution >= 4 is 5.91 Å². The van der Waals surface area contributed by atoms with Gasteiger partial charge in [-0.2, -0.15) is 0 Å². The highest BCUT2D eigenvalue weighted by atomic mass is 19.1. The van der Waals surface area contributed by atoms with Crippen molar-refractivity contribution in [1.29, 1.82) is 0 Å². The fourth-order valence-corrected chi connectivity index (χ4v) is 3.44. The summed E-state index contributed by atoms with van der Waals surface area (Å²) >= 11 is 0. The number of rotatable bonds is 3. The molecule has 2 aliphatic rings. The summed E-state index contributed by atoms with van der Waals surface area (Å²) in [6, 6.07) is 6.76. The van der Waals surface area contributed by atoms with Crippen LogP contribution in [-0.4, -0.2) is 36.5 Å². The van der Waals surface area contributed by atoms with Gasteiger partial charge in [-0.3, -0.25) is 4.79 Å². The molecule has 3 rings (SSSR count). The number of likely N-dealkylation sites (tertiary alicyclic amines) is 1. The monoisotopic (exact) mass is 290 g/mol. The van der Waals surface area contributed by atoms with E-state index in [4.69, 9.17) is 0 Å². The summed E-state index contributed by atoms with van der Waals surface area (Å²) in [6.07, 6.45) is 5.28. The van der Waals surface area contributed by atoms with Crippen LogP contribution < -0.4 is 5.32 Å². The quantitative estimate of drug-likeness (QED) is 0.927. The summed E-state index contributed by atoms with van der Waals surface area (Å²) in [4.78, 5) is 14.5. The minimum atomic E-state index is -0.189. The zero-order chi connectivity index (χ0) is 14.7. The normalized spacial score (nSPS) is 26.0. The van der Waals surface area contributed by atoms with Gasteiger partial charge in [-0.15, -0.1) is 0 Å². The molecule has 2 unspecified atom stereocenters. The lowest BCUT2D eigenvalue weighted by molar-refractivity contribution is -0.133. The predicted molar refractivity (Wildman–Crippen MR) is 80.4 cm³/mol. The van der Waals surface area contributed by atoms with Gasteiger partial charge in [0.2, 0.25) is 5.91 Å². The van der Waals surface area contributed by atoms with Crippen molar-refractivity contribution in [2.24, 2.45) is 5.92 Å². The molecule has 0 aromatic heterocycles. The Balaban J connectivity index is 1.52. The standard InChI is InChI=1S/C17H23FN2O/c18-15-6-4-13(5-7-15)11-14-8-10-20(12-14)17(21)16-3-1-2-9-19-16/h4-7,14,16,19H,1-3,8-12H2. The number of carbonyl (C=O) groups is 1. The average Bonchev–Trinajstić information content (AvgIpc) is 2.98. The summed E-state index contributed by atoms with van der Waals surface area (Å²) in [5.41, 5.74) is 1.16. The molecule has 3 nitrogen and oxygen atoms in total. The second-order valence-electron chi connectivity index (χ2n) is 6.27. The van der Waals surface area contributed by atoms with E-state index in [1.165, 1.54) is 18.6 Å². The van der Waals surface area contributed by atoms with Crippen LogP contribution in [0.15, 0.2) is 24.3 Å². The van der Waals surface area contributed by atoms with E-state index < -0.39 is 0 Å². The summed E-state index contributed by atoms with van der Waals surface area (Å²) < 4.78 is 12.9. The molecule has 21 heavy (non-hydrogen) atoms. The van der Waals surface area contributed by atoms with E-state index in [1.807, 2.05) is 17.0 Å². The SMILES string of the molecule is O=C(C1CCCCN1)N1CCC(Cc2ccc(F)cc2)C1. The maximum Gasteiger partial charge on any atom is 0.239 e. The second-order valence-corrected chi connectivity index (χ2v) is 6.27. The van der Waals surface area contributed by atoms with Crippen molar-refractivity contribution in [2.45, 2.75) is 38.1 Å². The van der Waals surface area contributed by atoms with Crippen LogP contribution in [0, 0.1) is 11.7 Å². The van der Waals surface area contributed by atoms with E-state index in [0.29, 0.717) is 5.92 Å². The van der Waals surface area contributed by atoms with E-state index in [1.54, 1.807) is 0 Å². The maximum absolute atomic E-state index is 12.9. The molecule has 0 radical (unpaired) electrons. The zero-order valence-corrected chi connectivity index (χ0v) is 12.4. The molecule has 2 heterocycles. The highest BCUT2D eigenvalue weighted by molar-refractivity contribution is 5.82. The molecule has 1 N–H and O–H groups in total. The molecule has 114 valence electrons. The Kier molecular flexibility index (Phi) is 4.54. The molecule has 0 saturated carbocycles. The maximum atomic E-state index is 12.9. The first-order valence-electron chi connectivity index (χ1n) is 7.99. The Labute approximate surface area is 125 Å². The van der Waals surface area contributed by atoms with Gasteiger partial charge in [-0.25, -0.2) is 4.39 Å². The Morgan fingerprint density at radius 1 is 1.24 bits per heavy atom. The van der Waals surface area contributed by atoms with Crippen molar-refractivity contribution < 1.29 is 9.18 Å². The molecule has 4 heteroatoms. The number of carbonyl (C=O) groups excluding carboxylic acids is 1. The van der Waals surface area contributed by atoms with Crippen LogP contribution in [-0.2, 0) is 11.2 Å². The van der Waals surface area contributed by atoms with Crippen molar-refractivity contribution in [3.63, 3.8) is 0 Å². The number of amides is 1. The number of piperidine rings is 1. The van der Waals surface area contributed by atoms with E-state index in [2.05, 4.69) is 5.32 Å². The van der Waals surface area contributed by atoms with Gasteiger partial charge in [0.1, 0.15) is 5.82 Å². The van der Waals surface area contributed by atoms with Gasteiger partial charge >= 0.3 is 0 Å². The van der Waals surface area contributed by atoms with Gasteiger partial charge < -0.3 is 10.2 Å². The summed E-state index contributed by atoms with van der Waals surface area (Å²) in [7, 11) is 0. The smallest absolute Gasteiger partial charge is 0.239 e. The zero-order valence-electron chi connectivity index (χ0n) is 12.4. The van der Waals surface area contributed by atoms with Gasteiger partial charge in [-0.05, 0) is 55.8 Å². The first-order chi connectivity index (χ1) is 10.2. The van der Waals surface area contributed by atoms with Crippen molar-refractivity contribution in [2.75, 3.05) is 19.6 Å². The Bertz CT molecular complexity index is 482. The third-order valence-electron chi connectivity index (χ3n) is 4.64. The lowest BCUT2D eigenvalue weighted by atomic mass is 9.99. The lowest BCUT2D eigenvalue weighted by Gasteiger charge is -2.27. The largest absolute Gasteiger partial charge is 0.341 e. The van der Waals surface area contributed by atoms with Crippen LogP contribution in [0.5, 0.6) is 0 Å². The number of benzene rings is 1. The lowest BCUT2D eigenvalue weighted by Crippen LogP contribution is -2.47. The highest BCUT2D eigenvalue weighted by Crippen LogP contribution is 2.22. The third-order valence-corrected chi connectivity index (χ3v) is 4.64. The van der Waals surface area contributed by atoms with Gasteiger partial charge in [0.25, 0.3) is 0 Å². The minimum absolute atomic E-state index is 0.0309. The molecule has 1 aromatic rings. The molecule has 2 fully saturated rings. The van der Waals surface area contributed by atoms with Gasteiger partial charge in [0.15, 0.2) is 0 Å². The first kappa shape index (κ1) is 14.5. The number of nitrogens with zero attached hydrogens (tertiary/aromatic N) is 1. The molecular weight excluding hydrogens is 267 g/mol. The molecule has 0 bridgehead atoms. The Morgan fingerprint density at radius 3 is 2.76 bits per heavy atom. The van der Waals surface area contributed by atoms with E-state index in [9.17, 15) is 9.18 Å². The molecule has 2 atom stereocenters. The van der Waals surface area contributed by atoms with Crippen molar-refractivity contribution in [1.82, 2.24) is 10.2 Å². The molecule has 2 aliphatic heterocycles. The summed E-state index contributed by atoms with van der Waals surface area (Å²) in [5.74, 6) is 0.588. The van der Waals surface area contributed by atoms with Crippen LogP contribution in [0.2, 0.25) is 0 Å². The second kappa shape index (κ2) is 6.56. The van der Waals surface area contributed by atoms with E-state index >= 15 is 0 Å². The number of hydrogen-bond donors (Lipinski definition) is 1. The molecule has 1 aromatic carbocycles. The fraction of sp³-hybridized carbons (Fsp3) is 0.588. The predicted octanol–water partition coefficient (Wildman–Crippen LogP) is 2.36. The molecule has 0 aliphatic carbocycles. The average molecular weight is 290 g/mol. The van der Waals surface area contributed by atoms with Gasteiger partial charge in [0.05, 0.1) is 6.04 Å². The van der Waals surface area contributed by atoms with Gasteiger partial charge in [-0.1, -0.05) is 18.6 Å². The van der Waals surface area contributed by atoms with Crippen molar-refractivity contribution in [3.05, 3.63) is 35.6 Å². The van der Waals surface area contributed by atoms with Crippen LogP contribution >= 0.6 is 0 Å². The fourth-order valence-electron chi connectivity index (χ4n) is 3.44. The summed E-state index contributed by atoms with van der Waals surface area (Å²) in [6.45, 7) is 2.67. The highest BCUT2D eigenvalue weighted by Gasteiger charge is 2.31. The number of halogens is 1. The number of nitrogens with one attached hydrogen (secondary N) is 1. The van der Waals surface area contributed by atoms with Crippen LogP contribution in [0.25, 0.3) is 0 Å². The Morgan fingerprint density at radius 2 is 2.05 bits per heavy atom. The van der Waals surface area contributed by atoms with E-state index in [0.717, 1.165) is 50.9 Å². The van der Waals surface area contributed by atoms with Crippen LogP contribution in [0.4, 0.5) is 4.39 Å². The minimum Gasteiger partial charge on any atom is -0.341 e. The third kappa shape index (κ3) is 3.62. The molecular formula is C17H23FN2O. The summed E-state index contributed by atoms with van der Waals surface area (Å²) in [5, 5.41) is 3.33. The van der Waals surface area contributed by atoms with E-state index in [-0.39, 0.29) is 17.8 Å². The molecule has 2 saturated heterocycles.